The fourth-order valence-corrected chi connectivity index (χ4v) is 4.96. The minimum Gasteiger partial charge on any atom is -0.369 e. The fraction of sp³-hybridized carbons (Fsp3) is 0.321. The van der Waals surface area contributed by atoms with E-state index in [4.69, 9.17) is 11.6 Å². The number of carbonyl (C=O) groups excluding carboxylic acids is 1. The molecule has 5 heteroatoms. The number of nitrogens with one attached hydrogen (secondary N) is 1. The van der Waals surface area contributed by atoms with Crippen LogP contribution < -0.4 is 10.2 Å². The molecule has 1 amide bonds. The summed E-state index contributed by atoms with van der Waals surface area (Å²) in [5.41, 5.74) is 3.88. The molecule has 0 aromatic heterocycles. The smallest absolute Gasteiger partial charge is 0.207 e. The molecule has 1 saturated heterocycles. The van der Waals surface area contributed by atoms with E-state index >= 15 is 0 Å². The zero-order valence-corrected chi connectivity index (χ0v) is 19.7. The molecule has 3 aromatic carbocycles. The first kappa shape index (κ1) is 23.3. The molecule has 1 aliphatic heterocycles. The average molecular weight is 462 g/mol. The monoisotopic (exact) mass is 461 g/mol. The van der Waals surface area contributed by atoms with Gasteiger partial charge in [0, 0.05) is 55.4 Å². The molecule has 4 rings (SSSR count). The SMILES string of the molecule is O=CNCC(CCC(c1ccc(Cl)cc1)N1CCN(c2ccccc2)CC1)c1ccccc1. The van der Waals surface area contributed by atoms with Crippen molar-refractivity contribution in [1.82, 2.24) is 10.2 Å². The van der Waals surface area contributed by atoms with E-state index in [1.165, 1.54) is 16.8 Å². The lowest BCUT2D eigenvalue weighted by atomic mass is 9.89. The van der Waals surface area contributed by atoms with E-state index in [0.717, 1.165) is 50.5 Å². The molecule has 0 bridgehead atoms. The molecular formula is C28H32ClN3O. The molecular weight excluding hydrogens is 430 g/mol. The van der Waals surface area contributed by atoms with Crippen LogP contribution in [0.15, 0.2) is 84.9 Å². The van der Waals surface area contributed by atoms with Gasteiger partial charge in [0.15, 0.2) is 0 Å². The summed E-state index contributed by atoms with van der Waals surface area (Å²) in [6.07, 6.45) is 2.82. The number of anilines is 1. The summed E-state index contributed by atoms with van der Waals surface area (Å²) in [6.45, 7) is 4.73. The van der Waals surface area contributed by atoms with Crippen molar-refractivity contribution in [3.05, 3.63) is 101 Å². The second kappa shape index (κ2) is 11.9. The first-order valence-corrected chi connectivity index (χ1v) is 12.1. The number of halogens is 1. The van der Waals surface area contributed by atoms with Gasteiger partial charge in [-0.15, -0.1) is 0 Å². The number of hydrogen-bond acceptors (Lipinski definition) is 3. The third kappa shape index (κ3) is 6.37. The summed E-state index contributed by atoms with van der Waals surface area (Å²) >= 11 is 6.19. The lowest BCUT2D eigenvalue weighted by molar-refractivity contribution is -0.109. The fourth-order valence-electron chi connectivity index (χ4n) is 4.84. The second-order valence-corrected chi connectivity index (χ2v) is 9.07. The van der Waals surface area contributed by atoms with Gasteiger partial charge < -0.3 is 10.2 Å². The van der Waals surface area contributed by atoms with E-state index < -0.39 is 0 Å². The lowest BCUT2D eigenvalue weighted by Gasteiger charge is -2.41. The highest BCUT2D eigenvalue weighted by Crippen LogP contribution is 2.32. The van der Waals surface area contributed by atoms with Gasteiger partial charge in [-0.2, -0.15) is 0 Å². The van der Waals surface area contributed by atoms with E-state index in [0.29, 0.717) is 12.6 Å². The normalized spacial score (nSPS) is 16.2. The highest BCUT2D eigenvalue weighted by atomic mass is 35.5. The standard InChI is InChI=1S/C28H32ClN3O/c29-26-14-11-24(12-15-26)28(16-13-25(21-30-22-33)23-7-3-1-4-8-23)32-19-17-31(18-20-32)27-9-5-2-6-10-27/h1-12,14-15,22,25,28H,13,16-21H2,(H,30,33). The molecule has 0 aliphatic carbocycles. The van der Waals surface area contributed by atoms with Crippen LogP contribution in [0, 0.1) is 0 Å². The molecule has 0 spiro atoms. The second-order valence-electron chi connectivity index (χ2n) is 8.64. The first-order chi connectivity index (χ1) is 16.2. The zero-order valence-electron chi connectivity index (χ0n) is 18.9. The van der Waals surface area contributed by atoms with Gasteiger partial charge in [-0.05, 0) is 48.2 Å². The summed E-state index contributed by atoms with van der Waals surface area (Å²) in [4.78, 5) is 16.1. The van der Waals surface area contributed by atoms with Gasteiger partial charge in [0.1, 0.15) is 0 Å². The molecule has 2 atom stereocenters. The van der Waals surface area contributed by atoms with Gasteiger partial charge in [-0.3, -0.25) is 9.69 Å². The largest absolute Gasteiger partial charge is 0.369 e. The minimum absolute atomic E-state index is 0.289. The van der Waals surface area contributed by atoms with E-state index in [1.807, 2.05) is 18.2 Å². The molecule has 1 N–H and O–H groups in total. The number of hydrogen-bond donors (Lipinski definition) is 1. The maximum absolute atomic E-state index is 11.0. The highest BCUT2D eigenvalue weighted by molar-refractivity contribution is 6.30. The Balaban J connectivity index is 1.48. The summed E-state index contributed by atoms with van der Waals surface area (Å²) < 4.78 is 0. The van der Waals surface area contributed by atoms with E-state index in [1.54, 1.807) is 0 Å². The lowest BCUT2D eigenvalue weighted by Crippen LogP contribution is -2.47. The van der Waals surface area contributed by atoms with Crippen LogP contribution in [0.4, 0.5) is 5.69 Å². The number of nitrogens with zero attached hydrogens (tertiary/aromatic N) is 2. The van der Waals surface area contributed by atoms with Gasteiger partial charge in [-0.1, -0.05) is 72.3 Å². The Morgan fingerprint density at radius 1 is 0.788 bits per heavy atom. The van der Waals surface area contributed by atoms with E-state index in [9.17, 15) is 4.79 Å². The predicted octanol–water partition coefficient (Wildman–Crippen LogP) is 5.51. The Morgan fingerprint density at radius 3 is 2.06 bits per heavy atom. The van der Waals surface area contributed by atoms with Crippen LogP contribution in [-0.4, -0.2) is 44.0 Å². The van der Waals surface area contributed by atoms with Crippen molar-refractivity contribution in [3.8, 4) is 0 Å². The Labute approximate surface area is 202 Å². The van der Waals surface area contributed by atoms with Crippen molar-refractivity contribution < 1.29 is 4.79 Å². The van der Waals surface area contributed by atoms with E-state index in [2.05, 4.69) is 81.8 Å². The van der Waals surface area contributed by atoms with Crippen LogP contribution >= 0.6 is 11.6 Å². The van der Waals surface area contributed by atoms with Crippen LogP contribution in [0.3, 0.4) is 0 Å². The van der Waals surface area contributed by atoms with Crippen molar-refractivity contribution in [2.24, 2.45) is 0 Å². The molecule has 172 valence electrons. The Morgan fingerprint density at radius 2 is 1.42 bits per heavy atom. The minimum atomic E-state index is 0.289. The van der Waals surface area contributed by atoms with Crippen molar-refractivity contribution in [1.29, 1.82) is 0 Å². The quantitative estimate of drug-likeness (QED) is 0.404. The molecule has 1 fully saturated rings. The molecule has 1 heterocycles. The van der Waals surface area contributed by atoms with Crippen molar-refractivity contribution >= 4 is 23.7 Å². The molecule has 0 saturated carbocycles. The Bertz CT molecular complexity index is 973. The number of carbonyl (C=O) groups is 1. The Kier molecular flexibility index (Phi) is 8.40. The van der Waals surface area contributed by atoms with Crippen molar-refractivity contribution in [2.45, 2.75) is 24.8 Å². The number of amides is 1. The number of piperazine rings is 1. The molecule has 0 radical (unpaired) electrons. The third-order valence-corrected chi connectivity index (χ3v) is 6.89. The van der Waals surface area contributed by atoms with Crippen molar-refractivity contribution in [2.75, 3.05) is 37.6 Å². The third-order valence-electron chi connectivity index (χ3n) is 6.64. The molecule has 1 aliphatic rings. The maximum atomic E-state index is 11.0. The average Bonchev–Trinajstić information content (AvgIpc) is 2.88. The summed E-state index contributed by atoms with van der Waals surface area (Å²) in [7, 11) is 0. The van der Waals surface area contributed by atoms with Gasteiger partial charge in [0.25, 0.3) is 0 Å². The Hall–Kier alpha value is -2.82. The van der Waals surface area contributed by atoms with Crippen LogP contribution in [0.1, 0.15) is 35.9 Å². The summed E-state index contributed by atoms with van der Waals surface area (Å²) in [6, 6.07) is 29.8. The first-order valence-electron chi connectivity index (χ1n) is 11.8. The molecule has 2 unspecified atom stereocenters. The topological polar surface area (TPSA) is 35.6 Å². The number of rotatable bonds is 10. The van der Waals surface area contributed by atoms with Gasteiger partial charge in [0.2, 0.25) is 6.41 Å². The van der Waals surface area contributed by atoms with E-state index in [-0.39, 0.29) is 5.92 Å². The van der Waals surface area contributed by atoms with Crippen LogP contribution in [0.25, 0.3) is 0 Å². The molecule has 4 nitrogen and oxygen atoms in total. The zero-order chi connectivity index (χ0) is 22.9. The van der Waals surface area contributed by atoms with Crippen LogP contribution in [0.2, 0.25) is 5.02 Å². The molecule has 33 heavy (non-hydrogen) atoms. The predicted molar refractivity (Wildman–Crippen MR) is 137 cm³/mol. The highest BCUT2D eigenvalue weighted by Gasteiger charge is 2.26. The number of para-hydroxylation sites is 1. The van der Waals surface area contributed by atoms with Crippen LogP contribution in [-0.2, 0) is 4.79 Å². The number of benzene rings is 3. The van der Waals surface area contributed by atoms with Gasteiger partial charge in [0.05, 0.1) is 0 Å². The van der Waals surface area contributed by atoms with Gasteiger partial charge in [-0.25, -0.2) is 0 Å². The van der Waals surface area contributed by atoms with Gasteiger partial charge >= 0.3 is 0 Å². The summed E-state index contributed by atoms with van der Waals surface area (Å²) in [5, 5.41) is 3.67. The maximum Gasteiger partial charge on any atom is 0.207 e. The van der Waals surface area contributed by atoms with Crippen molar-refractivity contribution in [3.63, 3.8) is 0 Å². The van der Waals surface area contributed by atoms with Crippen LogP contribution in [0.5, 0.6) is 0 Å². The summed E-state index contributed by atoms with van der Waals surface area (Å²) in [5.74, 6) is 0.289. The molecule has 3 aromatic rings.